The number of rotatable bonds is 6. The van der Waals surface area contributed by atoms with E-state index in [1.807, 2.05) is 47.4 Å². The summed E-state index contributed by atoms with van der Waals surface area (Å²) in [6, 6.07) is 16.3. The first-order valence-corrected chi connectivity index (χ1v) is 12.0. The van der Waals surface area contributed by atoms with Crippen LogP contribution in [-0.2, 0) is 29.4 Å². The highest BCUT2D eigenvalue weighted by molar-refractivity contribution is 7.89. The van der Waals surface area contributed by atoms with E-state index in [4.69, 9.17) is 4.74 Å². The summed E-state index contributed by atoms with van der Waals surface area (Å²) in [4.78, 5) is 4.96. The first kappa shape index (κ1) is 20.7. The lowest BCUT2D eigenvalue weighted by Crippen LogP contribution is -2.38. The van der Waals surface area contributed by atoms with Gasteiger partial charge in [-0.15, -0.1) is 0 Å². The van der Waals surface area contributed by atoms with Crippen LogP contribution in [0.25, 0.3) is 11.0 Å². The van der Waals surface area contributed by atoms with E-state index in [9.17, 15) is 8.42 Å². The molecule has 164 valence electrons. The van der Waals surface area contributed by atoms with Gasteiger partial charge in [0.1, 0.15) is 5.75 Å². The lowest BCUT2D eigenvalue weighted by atomic mass is 9.88. The molecule has 2 heterocycles. The lowest BCUT2D eigenvalue weighted by Gasteiger charge is -2.25. The minimum Gasteiger partial charge on any atom is -0.497 e. The van der Waals surface area contributed by atoms with Gasteiger partial charge in [0.05, 0.1) is 24.7 Å². The average Bonchev–Trinajstić information content (AvgIpc) is 3.23. The third kappa shape index (κ3) is 3.99. The molecule has 2 aromatic carbocycles. The van der Waals surface area contributed by atoms with E-state index in [1.54, 1.807) is 31.4 Å². The average molecular weight is 449 g/mol. The number of sulfonamides is 1. The number of aromatic nitrogens is 3. The van der Waals surface area contributed by atoms with Crippen LogP contribution in [0, 0.1) is 0 Å². The number of hydrogen-bond donors (Lipinski definition) is 1. The predicted octanol–water partition coefficient (Wildman–Crippen LogP) is 3.32. The van der Waals surface area contributed by atoms with Gasteiger partial charge in [-0.1, -0.05) is 30.3 Å². The third-order valence-corrected chi connectivity index (χ3v) is 7.48. The standard InChI is InChI=1S/C24H24N4O3S/c1-31-20-10-7-17(8-11-20)16-28-24-23(15-26-28)22-12-9-19(13-18(22)14-25-24)27-32(29,30)21-5-3-2-4-6-21/h2-8,10-11,14-15,19,27H,9,12-13,16H2,1H3. The summed E-state index contributed by atoms with van der Waals surface area (Å²) in [6.45, 7) is 0.624. The maximum Gasteiger partial charge on any atom is 0.240 e. The van der Waals surface area contributed by atoms with Crippen LogP contribution in [0.3, 0.4) is 0 Å². The summed E-state index contributed by atoms with van der Waals surface area (Å²) in [5.41, 5.74) is 4.26. The van der Waals surface area contributed by atoms with E-state index in [0.717, 1.165) is 40.8 Å². The Balaban J connectivity index is 1.36. The number of hydrogen-bond acceptors (Lipinski definition) is 5. The van der Waals surface area contributed by atoms with Crippen molar-refractivity contribution in [2.24, 2.45) is 0 Å². The van der Waals surface area contributed by atoms with Gasteiger partial charge in [0.25, 0.3) is 0 Å². The van der Waals surface area contributed by atoms with E-state index in [2.05, 4.69) is 14.8 Å². The number of benzene rings is 2. The number of nitrogens with zero attached hydrogens (tertiary/aromatic N) is 3. The first-order valence-electron chi connectivity index (χ1n) is 10.6. The van der Waals surface area contributed by atoms with Crippen molar-refractivity contribution in [2.75, 3.05) is 7.11 Å². The van der Waals surface area contributed by atoms with E-state index >= 15 is 0 Å². The summed E-state index contributed by atoms with van der Waals surface area (Å²) >= 11 is 0. The highest BCUT2D eigenvalue weighted by Crippen LogP contribution is 2.29. The predicted molar refractivity (Wildman–Crippen MR) is 122 cm³/mol. The van der Waals surface area contributed by atoms with E-state index < -0.39 is 10.0 Å². The summed E-state index contributed by atoms with van der Waals surface area (Å²) in [5.74, 6) is 0.823. The van der Waals surface area contributed by atoms with Gasteiger partial charge in [-0.3, -0.25) is 0 Å². The molecular weight excluding hydrogens is 424 g/mol. The second kappa shape index (κ2) is 8.37. The molecule has 0 saturated heterocycles. The minimum atomic E-state index is -3.54. The molecule has 0 bridgehead atoms. The Morgan fingerprint density at radius 3 is 2.62 bits per heavy atom. The van der Waals surface area contributed by atoms with Crippen molar-refractivity contribution in [2.45, 2.75) is 36.7 Å². The number of pyridine rings is 1. The normalized spacial score (nSPS) is 16.1. The van der Waals surface area contributed by atoms with Crippen molar-refractivity contribution in [3.05, 3.63) is 83.7 Å². The van der Waals surface area contributed by atoms with Crippen LogP contribution >= 0.6 is 0 Å². The Hall–Kier alpha value is -3.23. The summed E-state index contributed by atoms with van der Waals surface area (Å²) in [7, 11) is -1.88. The molecule has 0 amide bonds. The fourth-order valence-corrected chi connectivity index (χ4v) is 5.57. The maximum absolute atomic E-state index is 12.7. The summed E-state index contributed by atoms with van der Waals surface area (Å²) in [6.07, 6.45) is 5.88. The molecule has 7 nitrogen and oxygen atoms in total. The molecule has 0 spiro atoms. The van der Waals surface area contributed by atoms with Gasteiger partial charge in [-0.2, -0.15) is 5.10 Å². The Morgan fingerprint density at radius 1 is 1.09 bits per heavy atom. The van der Waals surface area contributed by atoms with Gasteiger partial charge < -0.3 is 4.74 Å². The van der Waals surface area contributed by atoms with Gasteiger partial charge in [0, 0.05) is 17.6 Å². The van der Waals surface area contributed by atoms with Crippen LogP contribution in [0.2, 0.25) is 0 Å². The summed E-state index contributed by atoms with van der Waals surface area (Å²) < 4.78 is 35.4. The molecule has 1 aliphatic rings. The molecule has 0 fully saturated rings. The highest BCUT2D eigenvalue weighted by Gasteiger charge is 2.26. The summed E-state index contributed by atoms with van der Waals surface area (Å²) in [5, 5.41) is 5.61. The molecule has 4 aromatic rings. The van der Waals surface area contributed by atoms with Crippen molar-refractivity contribution >= 4 is 21.1 Å². The first-order chi connectivity index (χ1) is 15.5. The Bertz CT molecular complexity index is 1350. The van der Waals surface area contributed by atoms with Gasteiger partial charge in [-0.25, -0.2) is 22.8 Å². The van der Waals surface area contributed by atoms with Gasteiger partial charge in [0.15, 0.2) is 5.65 Å². The lowest BCUT2D eigenvalue weighted by molar-refractivity contribution is 0.414. The highest BCUT2D eigenvalue weighted by atomic mass is 32.2. The Morgan fingerprint density at radius 2 is 1.88 bits per heavy atom. The molecule has 1 unspecified atom stereocenters. The molecule has 0 radical (unpaired) electrons. The fraction of sp³-hybridized carbons (Fsp3) is 0.250. The smallest absolute Gasteiger partial charge is 0.240 e. The minimum absolute atomic E-state index is 0.152. The second-order valence-corrected chi connectivity index (χ2v) is 9.74. The SMILES string of the molecule is COc1ccc(Cn2ncc3c4c(cnc32)CC(NS(=O)(=O)c2ccccc2)CC4)cc1. The molecule has 0 aliphatic heterocycles. The van der Waals surface area contributed by atoms with Crippen LogP contribution in [0.1, 0.15) is 23.1 Å². The molecule has 1 aliphatic carbocycles. The van der Waals surface area contributed by atoms with Crippen LogP contribution < -0.4 is 9.46 Å². The van der Waals surface area contributed by atoms with Crippen molar-refractivity contribution in [1.82, 2.24) is 19.5 Å². The fourth-order valence-electron chi connectivity index (χ4n) is 4.28. The Kier molecular flexibility index (Phi) is 5.40. The quantitative estimate of drug-likeness (QED) is 0.489. The number of nitrogens with one attached hydrogen (secondary N) is 1. The van der Waals surface area contributed by atoms with Gasteiger partial charge in [0.2, 0.25) is 10.0 Å². The number of fused-ring (bicyclic) bond motifs is 3. The molecule has 32 heavy (non-hydrogen) atoms. The molecule has 1 N–H and O–H groups in total. The monoisotopic (exact) mass is 448 g/mol. The van der Waals surface area contributed by atoms with Crippen molar-refractivity contribution < 1.29 is 13.2 Å². The number of aryl methyl sites for hydroxylation is 1. The molecule has 5 rings (SSSR count). The van der Waals surface area contributed by atoms with Crippen molar-refractivity contribution in [3.8, 4) is 5.75 Å². The van der Waals surface area contributed by atoms with Crippen LogP contribution in [0.5, 0.6) is 5.75 Å². The zero-order chi connectivity index (χ0) is 22.1. The van der Waals surface area contributed by atoms with Crippen LogP contribution in [0.15, 0.2) is 71.9 Å². The molecular formula is C24H24N4O3S. The van der Waals surface area contributed by atoms with E-state index in [0.29, 0.717) is 17.9 Å². The number of methoxy groups -OCH3 is 1. The van der Waals surface area contributed by atoms with Gasteiger partial charge >= 0.3 is 0 Å². The second-order valence-electron chi connectivity index (χ2n) is 8.02. The van der Waals surface area contributed by atoms with Crippen molar-refractivity contribution in [1.29, 1.82) is 0 Å². The third-order valence-electron chi connectivity index (χ3n) is 5.94. The van der Waals surface area contributed by atoms with Gasteiger partial charge in [-0.05, 0) is 60.2 Å². The van der Waals surface area contributed by atoms with E-state index in [-0.39, 0.29) is 6.04 Å². The van der Waals surface area contributed by atoms with E-state index in [1.165, 1.54) is 5.56 Å². The van der Waals surface area contributed by atoms with Crippen LogP contribution in [-0.4, -0.2) is 36.3 Å². The van der Waals surface area contributed by atoms with Crippen LogP contribution in [0.4, 0.5) is 0 Å². The maximum atomic E-state index is 12.7. The van der Waals surface area contributed by atoms with Crippen molar-refractivity contribution in [3.63, 3.8) is 0 Å². The molecule has 8 heteroatoms. The largest absolute Gasteiger partial charge is 0.497 e. The topological polar surface area (TPSA) is 86.1 Å². The Labute approximate surface area is 187 Å². The zero-order valence-corrected chi connectivity index (χ0v) is 18.5. The molecule has 0 saturated carbocycles. The number of ether oxygens (including phenoxy) is 1. The molecule has 2 aromatic heterocycles. The molecule has 1 atom stereocenters. The zero-order valence-electron chi connectivity index (χ0n) is 17.7.